The Kier molecular flexibility index (Phi) is 8.23. The number of amides is 1. The largest absolute Gasteiger partial charge is 0.494 e. The van der Waals surface area contributed by atoms with E-state index in [1.54, 1.807) is 30.3 Å². The summed E-state index contributed by atoms with van der Waals surface area (Å²) in [4.78, 5) is 23.4. The minimum absolute atomic E-state index is 0.0181. The number of carboxylic acids is 1. The molecule has 3 aromatic rings. The van der Waals surface area contributed by atoms with Gasteiger partial charge in [0.05, 0.1) is 6.61 Å². The predicted octanol–water partition coefficient (Wildman–Crippen LogP) is 5.36. The first kappa shape index (κ1) is 22.1. The number of ether oxygens (including phenoxy) is 1. The van der Waals surface area contributed by atoms with Crippen LogP contribution in [0.15, 0.2) is 78.9 Å². The van der Waals surface area contributed by atoms with Crippen molar-refractivity contribution in [3.63, 3.8) is 0 Å². The fourth-order valence-corrected chi connectivity index (χ4v) is 3.26. The van der Waals surface area contributed by atoms with E-state index in [2.05, 4.69) is 29.6 Å². The van der Waals surface area contributed by atoms with Gasteiger partial charge in [-0.05, 0) is 67.1 Å². The summed E-state index contributed by atoms with van der Waals surface area (Å²) in [5.41, 5.74) is 3.29. The number of para-hydroxylation sites is 1. The van der Waals surface area contributed by atoms with Gasteiger partial charge in [-0.2, -0.15) is 0 Å². The molecule has 0 aliphatic heterocycles. The standard InChI is InChI=1S/C26H27NO4/c28-25(29)18-15-21-11-4-5-12-24(21)27-26(30)22-13-16-23(17-14-22)31-19-7-6-10-20-8-2-1-3-9-20/h1-5,8-9,11-14,16-17H,6-7,10,15,18-19H2,(H,27,30)(H,28,29). The van der Waals surface area contributed by atoms with Gasteiger partial charge in [-0.15, -0.1) is 0 Å². The SMILES string of the molecule is O=C(O)CCc1ccccc1NC(=O)c1ccc(OCCCCc2ccccc2)cc1. The number of anilines is 1. The number of aryl methyl sites for hydroxylation is 2. The summed E-state index contributed by atoms with van der Waals surface area (Å²) in [6.07, 6.45) is 3.44. The first-order valence-electron chi connectivity index (χ1n) is 10.5. The van der Waals surface area contributed by atoms with Crippen LogP contribution in [0.25, 0.3) is 0 Å². The molecule has 3 aromatic carbocycles. The van der Waals surface area contributed by atoms with E-state index < -0.39 is 5.97 Å². The van der Waals surface area contributed by atoms with E-state index in [1.165, 1.54) is 5.56 Å². The highest BCUT2D eigenvalue weighted by Gasteiger charge is 2.10. The van der Waals surface area contributed by atoms with Crippen LogP contribution in [0.1, 0.15) is 40.7 Å². The lowest BCUT2D eigenvalue weighted by Gasteiger charge is -2.11. The molecule has 0 radical (unpaired) electrons. The average Bonchev–Trinajstić information content (AvgIpc) is 2.79. The Labute approximate surface area is 182 Å². The van der Waals surface area contributed by atoms with E-state index in [-0.39, 0.29) is 12.3 Å². The molecule has 0 unspecified atom stereocenters. The van der Waals surface area contributed by atoms with Crippen molar-refractivity contribution < 1.29 is 19.4 Å². The van der Waals surface area contributed by atoms with Crippen molar-refractivity contribution in [2.45, 2.75) is 32.1 Å². The van der Waals surface area contributed by atoms with Gasteiger partial charge in [0.15, 0.2) is 0 Å². The Hall–Kier alpha value is -3.60. The average molecular weight is 418 g/mol. The third-order valence-electron chi connectivity index (χ3n) is 4.96. The Morgan fingerprint density at radius 3 is 2.26 bits per heavy atom. The highest BCUT2D eigenvalue weighted by molar-refractivity contribution is 6.04. The van der Waals surface area contributed by atoms with Gasteiger partial charge in [0.25, 0.3) is 5.91 Å². The zero-order valence-electron chi connectivity index (χ0n) is 17.4. The lowest BCUT2D eigenvalue weighted by molar-refractivity contribution is -0.136. The Balaban J connectivity index is 1.46. The molecule has 0 spiro atoms. The second kappa shape index (κ2) is 11.6. The van der Waals surface area contributed by atoms with E-state index in [0.29, 0.717) is 24.3 Å². The second-order valence-corrected chi connectivity index (χ2v) is 7.32. The lowest BCUT2D eigenvalue weighted by atomic mass is 10.1. The van der Waals surface area contributed by atoms with Crippen molar-refractivity contribution in [2.24, 2.45) is 0 Å². The molecular weight excluding hydrogens is 390 g/mol. The van der Waals surface area contributed by atoms with Crippen molar-refractivity contribution in [3.05, 3.63) is 95.6 Å². The van der Waals surface area contributed by atoms with Crippen LogP contribution in [0, 0.1) is 0 Å². The third-order valence-corrected chi connectivity index (χ3v) is 4.96. The van der Waals surface area contributed by atoms with Crippen LogP contribution in [0.2, 0.25) is 0 Å². The van der Waals surface area contributed by atoms with Crippen molar-refractivity contribution >= 4 is 17.6 Å². The maximum Gasteiger partial charge on any atom is 0.303 e. The van der Waals surface area contributed by atoms with Crippen LogP contribution >= 0.6 is 0 Å². The molecule has 3 rings (SSSR count). The van der Waals surface area contributed by atoms with Gasteiger partial charge < -0.3 is 15.2 Å². The number of rotatable bonds is 11. The van der Waals surface area contributed by atoms with Gasteiger partial charge in [0.1, 0.15) is 5.75 Å². The summed E-state index contributed by atoms with van der Waals surface area (Å²) >= 11 is 0. The summed E-state index contributed by atoms with van der Waals surface area (Å²) in [6.45, 7) is 0.634. The first-order chi connectivity index (χ1) is 15.1. The molecule has 31 heavy (non-hydrogen) atoms. The fraction of sp³-hybridized carbons (Fsp3) is 0.231. The summed E-state index contributed by atoms with van der Waals surface area (Å²) < 4.78 is 5.78. The number of carbonyl (C=O) groups is 2. The number of carbonyl (C=O) groups excluding carboxylic acids is 1. The van der Waals surface area contributed by atoms with E-state index in [4.69, 9.17) is 9.84 Å². The van der Waals surface area contributed by atoms with Gasteiger partial charge in [0.2, 0.25) is 0 Å². The van der Waals surface area contributed by atoms with Crippen LogP contribution in [-0.4, -0.2) is 23.6 Å². The summed E-state index contributed by atoms with van der Waals surface area (Å²) in [5.74, 6) is -0.368. The molecule has 0 fully saturated rings. The number of nitrogens with one attached hydrogen (secondary N) is 1. The molecule has 160 valence electrons. The van der Waals surface area contributed by atoms with Gasteiger partial charge in [-0.3, -0.25) is 9.59 Å². The molecular formula is C26H27NO4. The van der Waals surface area contributed by atoms with E-state index in [1.807, 2.05) is 24.3 Å². The molecule has 0 aliphatic carbocycles. The highest BCUT2D eigenvalue weighted by atomic mass is 16.5. The van der Waals surface area contributed by atoms with Crippen LogP contribution in [-0.2, 0) is 17.6 Å². The molecule has 0 atom stereocenters. The number of hydrogen-bond donors (Lipinski definition) is 2. The molecule has 0 saturated carbocycles. The monoisotopic (exact) mass is 417 g/mol. The third kappa shape index (κ3) is 7.30. The van der Waals surface area contributed by atoms with Crippen molar-refractivity contribution in [1.82, 2.24) is 0 Å². The van der Waals surface area contributed by atoms with E-state index in [0.717, 1.165) is 30.6 Å². The molecule has 5 heteroatoms. The van der Waals surface area contributed by atoms with Gasteiger partial charge in [-0.25, -0.2) is 0 Å². The lowest BCUT2D eigenvalue weighted by Crippen LogP contribution is -2.13. The quantitative estimate of drug-likeness (QED) is 0.412. The van der Waals surface area contributed by atoms with Crippen molar-refractivity contribution in [2.75, 3.05) is 11.9 Å². The van der Waals surface area contributed by atoms with Gasteiger partial charge >= 0.3 is 5.97 Å². The summed E-state index contributed by atoms with van der Waals surface area (Å²) in [5, 5.41) is 11.8. The van der Waals surface area contributed by atoms with Crippen LogP contribution < -0.4 is 10.1 Å². The van der Waals surface area contributed by atoms with Crippen molar-refractivity contribution in [1.29, 1.82) is 0 Å². The van der Waals surface area contributed by atoms with Crippen LogP contribution in [0.3, 0.4) is 0 Å². The zero-order valence-corrected chi connectivity index (χ0v) is 17.4. The van der Waals surface area contributed by atoms with Crippen LogP contribution in [0.4, 0.5) is 5.69 Å². The number of benzene rings is 3. The van der Waals surface area contributed by atoms with E-state index in [9.17, 15) is 9.59 Å². The molecule has 0 saturated heterocycles. The molecule has 0 heterocycles. The number of aliphatic carboxylic acids is 1. The van der Waals surface area contributed by atoms with Gasteiger partial charge in [-0.1, -0.05) is 48.5 Å². The van der Waals surface area contributed by atoms with Crippen molar-refractivity contribution in [3.8, 4) is 5.75 Å². The van der Waals surface area contributed by atoms with Gasteiger partial charge in [0, 0.05) is 17.7 Å². The second-order valence-electron chi connectivity index (χ2n) is 7.32. The molecule has 1 amide bonds. The Morgan fingerprint density at radius 1 is 0.806 bits per heavy atom. The highest BCUT2D eigenvalue weighted by Crippen LogP contribution is 2.19. The minimum atomic E-state index is -0.864. The van der Waals surface area contributed by atoms with E-state index >= 15 is 0 Å². The number of carboxylic acid groups (broad SMARTS) is 1. The Morgan fingerprint density at radius 2 is 1.52 bits per heavy atom. The zero-order chi connectivity index (χ0) is 21.9. The summed E-state index contributed by atoms with van der Waals surface area (Å²) in [6, 6.07) is 24.7. The number of unbranched alkanes of at least 4 members (excludes halogenated alkanes) is 1. The molecule has 0 bridgehead atoms. The maximum absolute atomic E-state index is 12.6. The molecule has 0 aromatic heterocycles. The molecule has 2 N–H and O–H groups in total. The number of hydrogen-bond acceptors (Lipinski definition) is 3. The maximum atomic E-state index is 12.6. The van der Waals surface area contributed by atoms with Crippen LogP contribution in [0.5, 0.6) is 5.75 Å². The predicted molar refractivity (Wildman–Crippen MR) is 122 cm³/mol. The summed E-state index contributed by atoms with van der Waals surface area (Å²) in [7, 11) is 0. The fourth-order valence-electron chi connectivity index (χ4n) is 3.26. The normalized spacial score (nSPS) is 10.5. The molecule has 5 nitrogen and oxygen atoms in total. The Bertz CT molecular complexity index is 984. The minimum Gasteiger partial charge on any atom is -0.494 e. The smallest absolute Gasteiger partial charge is 0.303 e. The topological polar surface area (TPSA) is 75.6 Å². The first-order valence-corrected chi connectivity index (χ1v) is 10.5. The molecule has 0 aliphatic rings.